The first-order valence-electron chi connectivity index (χ1n) is 9.84. The van der Waals surface area contributed by atoms with Crippen molar-refractivity contribution in [2.75, 3.05) is 5.32 Å². The third-order valence-corrected chi connectivity index (χ3v) is 5.48. The van der Waals surface area contributed by atoms with E-state index in [0.717, 1.165) is 37.7 Å². The molecule has 29 heavy (non-hydrogen) atoms. The van der Waals surface area contributed by atoms with E-state index in [9.17, 15) is 18.8 Å². The number of urea groups is 1. The number of nitrogens with zero attached hydrogens (tertiary/aromatic N) is 1. The summed E-state index contributed by atoms with van der Waals surface area (Å²) in [5.74, 6) is -0.866. The maximum absolute atomic E-state index is 12.9. The second kappa shape index (κ2) is 8.03. The Bertz CT molecular complexity index is 952. The molecule has 1 saturated carbocycles. The van der Waals surface area contributed by atoms with Crippen LogP contribution in [0.3, 0.4) is 0 Å². The lowest BCUT2D eigenvalue weighted by molar-refractivity contribution is 0.0549. The minimum Gasteiger partial charge on any atom is -0.334 e. The lowest BCUT2D eigenvalue weighted by Gasteiger charge is -2.29. The highest BCUT2D eigenvalue weighted by Crippen LogP contribution is 2.32. The number of anilines is 1. The van der Waals surface area contributed by atoms with E-state index in [0.29, 0.717) is 16.8 Å². The van der Waals surface area contributed by atoms with Crippen molar-refractivity contribution in [1.29, 1.82) is 0 Å². The molecule has 0 unspecified atom stereocenters. The fourth-order valence-corrected chi connectivity index (χ4v) is 3.97. The molecule has 0 spiro atoms. The molecular weight excluding hydrogens is 373 g/mol. The Morgan fingerprint density at radius 1 is 0.966 bits per heavy atom. The van der Waals surface area contributed by atoms with Crippen LogP contribution in [0.15, 0.2) is 42.5 Å². The van der Waals surface area contributed by atoms with E-state index < -0.39 is 6.03 Å². The normalized spacial score (nSPS) is 16.7. The van der Waals surface area contributed by atoms with Crippen molar-refractivity contribution in [3.05, 3.63) is 65.0 Å². The van der Waals surface area contributed by atoms with Gasteiger partial charge in [-0.15, -0.1) is 0 Å². The number of hydrogen-bond donors (Lipinski definition) is 2. The van der Waals surface area contributed by atoms with Gasteiger partial charge in [0, 0.05) is 18.3 Å². The quantitative estimate of drug-likeness (QED) is 0.766. The van der Waals surface area contributed by atoms with E-state index in [1.165, 1.54) is 17.0 Å². The van der Waals surface area contributed by atoms with Gasteiger partial charge in [-0.25, -0.2) is 9.18 Å². The molecule has 1 aliphatic carbocycles. The van der Waals surface area contributed by atoms with Gasteiger partial charge in [0.2, 0.25) is 0 Å². The van der Waals surface area contributed by atoms with Gasteiger partial charge in [0.25, 0.3) is 11.8 Å². The van der Waals surface area contributed by atoms with Crippen LogP contribution >= 0.6 is 0 Å². The molecule has 150 valence electrons. The number of hydrogen-bond acceptors (Lipinski definition) is 3. The van der Waals surface area contributed by atoms with Crippen LogP contribution in [0.25, 0.3) is 0 Å². The summed E-state index contributed by atoms with van der Waals surface area (Å²) in [6.45, 7) is 0.240. The van der Waals surface area contributed by atoms with Gasteiger partial charge in [0.05, 0.1) is 11.1 Å². The molecule has 1 fully saturated rings. The monoisotopic (exact) mass is 395 g/mol. The smallest absolute Gasteiger partial charge is 0.319 e. The lowest BCUT2D eigenvalue weighted by atomic mass is 9.94. The molecule has 0 bridgehead atoms. The Morgan fingerprint density at radius 3 is 2.38 bits per heavy atom. The van der Waals surface area contributed by atoms with Crippen molar-refractivity contribution >= 4 is 23.5 Å². The summed E-state index contributed by atoms with van der Waals surface area (Å²) in [6.07, 6.45) is 4.89. The molecule has 2 aromatic rings. The van der Waals surface area contributed by atoms with E-state index in [4.69, 9.17) is 0 Å². The van der Waals surface area contributed by atoms with Crippen LogP contribution in [0.5, 0.6) is 0 Å². The fraction of sp³-hybridized carbons (Fsp3) is 0.318. The molecule has 0 atom stereocenters. The Labute approximate surface area is 168 Å². The number of imide groups is 1. The summed E-state index contributed by atoms with van der Waals surface area (Å²) in [4.78, 5) is 39.1. The lowest BCUT2D eigenvalue weighted by Crippen LogP contribution is -2.40. The van der Waals surface area contributed by atoms with Crippen molar-refractivity contribution in [3.63, 3.8) is 0 Å². The number of fused-ring (bicyclic) bond motifs is 1. The van der Waals surface area contributed by atoms with Crippen LogP contribution in [0.4, 0.5) is 14.9 Å². The molecule has 1 heterocycles. The summed E-state index contributed by atoms with van der Waals surface area (Å²) < 4.78 is 12.9. The van der Waals surface area contributed by atoms with Crippen molar-refractivity contribution in [1.82, 2.24) is 10.2 Å². The highest BCUT2D eigenvalue weighted by Gasteiger charge is 2.40. The molecule has 2 aromatic carbocycles. The molecule has 6 nitrogen and oxygen atoms in total. The molecule has 4 amide bonds. The molecule has 2 aliphatic rings. The Hall–Kier alpha value is -3.22. The molecule has 0 aromatic heterocycles. The molecule has 1 aliphatic heterocycles. The van der Waals surface area contributed by atoms with E-state index in [2.05, 4.69) is 10.6 Å². The zero-order chi connectivity index (χ0) is 20.4. The van der Waals surface area contributed by atoms with E-state index in [-0.39, 0.29) is 30.2 Å². The van der Waals surface area contributed by atoms with Crippen LogP contribution in [0, 0.1) is 5.82 Å². The first-order chi connectivity index (χ1) is 14.0. The third kappa shape index (κ3) is 3.99. The van der Waals surface area contributed by atoms with Gasteiger partial charge >= 0.3 is 6.03 Å². The zero-order valence-corrected chi connectivity index (χ0v) is 15.9. The van der Waals surface area contributed by atoms with Gasteiger partial charge in [-0.2, -0.15) is 0 Å². The predicted octanol–water partition coefficient (Wildman–Crippen LogP) is 4.08. The average molecular weight is 395 g/mol. The van der Waals surface area contributed by atoms with Crippen LogP contribution in [0.2, 0.25) is 0 Å². The van der Waals surface area contributed by atoms with Gasteiger partial charge < -0.3 is 10.6 Å². The maximum atomic E-state index is 12.9. The number of amides is 4. The Balaban J connectivity index is 1.41. The van der Waals surface area contributed by atoms with Gasteiger partial charge in [0.15, 0.2) is 0 Å². The van der Waals surface area contributed by atoms with Crippen molar-refractivity contribution in [2.45, 2.75) is 44.7 Å². The van der Waals surface area contributed by atoms with Crippen molar-refractivity contribution < 1.29 is 18.8 Å². The number of benzene rings is 2. The summed E-state index contributed by atoms with van der Waals surface area (Å²) >= 11 is 0. The molecule has 0 saturated heterocycles. The molecular formula is C22H22FN3O3. The highest BCUT2D eigenvalue weighted by atomic mass is 19.1. The van der Waals surface area contributed by atoms with Crippen LogP contribution in [-0.4, -0.2) is 28.8 Å². The summed E-state index contributed by atoms with van der Waals surface area (Å²) in [6, 6.07) is 10.1. The largest absolute Gasteiger partial charge is 0.334 e. The first-order valence-corrected chi connectivity index (χ1v) is 9.84. The van der Waals surface area contributed by atoms with E-state index >= 15 is 0 Å². The standard InChI is InChI=1S/C22H22FN3O3/c23-15-8-6-14(7-9-15)13-24-22(29)25-16-10-11-18-19(12-16)21(28)26(20(18)27)17-4-2-1-3-5-17/h6-12,17H,1-5,13H2,(H2,24,25,29). The zero-order valence-electron chi connectivity index (χ0n) is 15.9. The average Bonchev–Trinajstić information content (AvgIpc) is 2.98. The molecule has 0 radical (unpaired) electrons. The Morgan fingerprint density at radius 2 is 1.66 bits per heavy atom. The SMILES string of the molecule is O=C(NCc1ccc(F)cc1)Nc1ccc2c(c1)C(=O)N(C1CCCCC1)C2=O. The van der Waals surface area contributed by atoms with E-state index in [1.54, 1.807) is 30.3 Å². The van der Waals surface area contributed by atoms with Gasteiger partial charge in [-0.3, -0.25) is 14.5 Å². The minimum atomic E-state index is -0.449. The van der Waals surface area contributed by atoms with Crippen molar-refractivity contribution in [2.24, 2.45) is 0 Å². The number of carbonyl (C=O) groups is 3. The fourth-order valence-electron chi connectivity index (χ4n) is 3.97. The highest BCUT2D eigenvalue weighted by molar-refractivity contribution is 6.22. The topological polar surface area (TPSA) is 78.5 Å². The number of halogens is 1. The third-order valence-electron chi connectivity index (χ3n) is 5.48. The number of nitrogens with one attached hydrogen (secondary N) is 2. The number of carbonyl (C=O) groups excluding carboxylic acids is 3. The van der Waals surface area contributed by atoms with Crippen LogP contribution < -0.4 is 10.6 Å². The van der Waals surface area contributed by atoms with E-state index in [1.807, 2.05) is 0 Å². The van der Waals surface area contributed by atoms with Crippen molar-refractivity contribution in [3.8, 4) is 0 Å². The summed E-state index contributed by atoms with van der Waals surface area (Å²) in [7, 11) is 0. The van der Waals surface area contributed by atoms with Crippen LogP contribution in [-0.2, 0) is 6.54 Å². The summed E-state index contributed by atoms with van der Waals surface area (Å²) in [5.41, 5.74) is 1.92. The molecule has 4 rings (SSSR count). The maximum Gasteiger partial charge on any atom is 0.319 e. The second-order valence-corrected chi connectivity index (χ2v) is 7.47. The Kier molecular flexibility index (Phi) is 5.29. The van der Waals surface area contributed by atoms with Gasteiger partial charge in [-0.1, -0.05) is 31.4 Å². The minimum absolute atomic E-state index is 0.0356. The van der Waals surface area contributed by atoms with Gasteiger partial charge in [0.1, 0.15) is 5.82 Å². The van der Waals surface area contributed by atoms with Crippen LogP contribution in [0.1, 0.15) is 58.4 Å². The number of rotatable bonds is 4. The predicted molar refractivity (Wildman–Crippen MR) is 106 cm³/mol. The first kappa shape index (κ1) is 19.1. The van der Waals surface area contributed by atoms with Gasteiger partial charge in [-0.05, 0) is 48.7 Å². The molecule has 2 N–H and O–H groups in total. The second-order valence-electron chi connectivity index (χ2n) is 7.47. The molecule has 7 heteroatoms. The summed E-state index contributed by atoms with van der Waals surface area (Å²) in [5, 5.41) is 5.36.